The zero-order valence-corrected chi connectivity index (χ0v) is 10.1. The standard InChI is InChI=1S/C13H15NO3/c1-16-12-6-9(7-14-8-15)13(17-2)11-5-3-4-10(11)12/h6H,3-5,7H2,1-2H3. The molecule has 1 aromatic rings. The molecule has 4 heteroatoms. The number of aliphatic imine (C=N–C) groups is 1. The molecule has 1 aliphatic carbocycles. The first-order valence-corrected chi connectivity index (χ1v) is 5.61. The topological polar surface area (TPSA) is 47.9 Å². The molecule has 0 fully saturated rings. The number of nitrogens with zero attached hydrogens (tertiary/aromatic N) is 1. The predicted octanol–water partition coefficient (Wildman–Crippen LogP) is 2.03. The van der Waals surface area contributed by atoms with Crippen molar-refractivity contribution in [3.05, 3.63) is 22.8 Å². The fourth-order valence-corrected chi connectivity index (χ4v) is 2.44. The molecule has 0 N–H and O–H groups in total. The summed E-state index contributed by atoms with van der Waals surface area (Å²) in [4.78, 5) is 13.8. The van der Waals surface area contributed by atoms with Gasteiger partial charge in [-0.25, -0.2) is 9.79 Å². The quantitative estimate of drug-likeness (QED) is 0.590. The van der Waals surface area contributed by atoms with Crippen LogP contribution in [-0.2, 0) is 24.2 Å². The molecule has 0 heterocycles. The van der Waals surface area contributed by atoms with Crippen molar-refractivity contribution in [1.29, 1.82) is 0 Å². The summed E-state index contributed by atoms with van der Waals surface area (Å²) in [6.07, 6.45) is 4.68. The van der Waals surface area contributed by atoms with Gasteiger partial charge >= 0.3 is 0 Å². The number of ether oxygens (including phenoxy) is 2. The Labute approximate surface area is 100 Å². The molecule has 0 bridgehead atoms. The van der Waals surface area contributed by atoms with Crippen LogP contribution in [0.5, 0.6) is 11.5 Å². The van der Waals surface area contributed by atoms with Crippen molar-refractivity contribution in [3.63, 3.8) is 0 Å². The highest BCUT2D eigenvalue weighted by Crippen LogP contribution is 2.40. The molecule has 2 rings (SSSR count). The highest BCUT2D eigenvalue weighted by Gasteiger charge is 2.22. The minimum atomic E-state index is 0.288. The summed E-state index contributed by atoms with van der Waals surface area (Å²) < 4.78 is 10.8. The van der Waals surface area contributed by atoms with Crippen LogP contribution < -0.4 is 9.47 Å². The van der Waals surface area contributed by atoms with Crippen molar-refractivity contribution in [2.45, 2.75) is 25.8 Å². The lowest BCUT2D eigenvalue weighted by molar-refractivity contribution is 0.393. The molecule has 1 aromatic carbocycles. The van der Waals surface area contributed by atoms with Crippen molar-refractivity contribution in [2.75, 3.05) is 14.2 Å². The van der Waals surface area contributed by atoms with Gasteiger partial charge in [0.15, 0.2) is 0 Å². The third-order valence-electron chi connectivity index (χ3n) is 3.12. The van der Waals surface area contributed by atoms with E-state index < -0.39 is 0 Å². The van der Waals surface area contributed by atoms with Crippen LogP contribution in [0.15, 0.2) is 11.1 Å². The number of hydrogen-bond acceptors (Lipinski definition) is 4. The normalized spacial score (nSPS) is 12.8. The van der Waals surface area contributed by atoms with E-state index in [1.807, 2.05) is 6.07 Å². The van der Waals surface area contributed by atoms with Crippen LogP contribution in [0.2, 0.25) is 0 Å². The van der Waals surface area contributed by atoms with Crippen LogP contribution >= 0.6 is 0 Å². The second-order valence-electron chi connectivity index (χ2n) is 3.99. The van der Waals surface area contributed by atoms with Gasteiger partial charge in [-0.15, -0.1) is 0 Å². The van der Waals surface area contributed by atoms with Gasteiger partial charge in [-0.3, -0.25) is 0 Å². The van der Waals surface area contributed by atoms with Crippen molar-refractivity contribution >= 4 is 6.08 Å². The Morgan fingerprint density at radius 3 is 2.71 bits per heavy atom. The minimum absolute atomic E-state index is 0.288. The summed E-state index contributed by atoms with van der Waals surface area (Å²) in [6, 6.07) is 1.91. The van der Waals surface area contributed by atoms with E-state index in [4.69, 9.17) is 9.47 Å². The zero-order chi connectivity index (χ0) is 12.3. The number of fused-ring (bicyclic) bond motifs is 1. The Kier molecular flexibility index (Phi) is 3.45. The lowest BCUT2D eigenvalue weighted by Gasteiger charge is -2.15. The van der Waals surface area contributed by atoms with Crippen LogP contribution in [0, 0.1) is 0 Å². The Hall–Kier alpha value is -1.80. The number of carbonyl (C=O) groups excluding carboxylic acids is 1. The van der Waals surface area contributed by atoms with E-state index in [-0.39, 0.29) is 6.54 Å². The van der Waals surface area contributed by atoms with Crippen LogP contribution in [0.25, 0.3) is 0 Å². The molecule has 90 valence electrons. The lowest BCUT2D eigenvalue weighted by atomic mass is 10.0. The van der Waals surface area contributed by atoms with Gasteiger partial charge in [0.25, 0.3) is 0 Å². The average molecular weight is 233 g/mol. The maximum absolute atomic E-state index is 10.2. The van der Waals surface area contributed by atoms with E-state index in [9.17, 15) is 4.79 Å². The molecule has 0 saturated heterocycles. The summed E-state index contributed by atoms with van der Waals surface area (Å²) in [5, 5.41) is 0. The van der Waals surface area contributed by atoms with Crippen LogP contribution in [0.1, 0.15) is 23.1 Å². The molecule has 0 atom stereocenters. The summed E-state index contributed by atoms with van der Waals surface area (Å²) in [6.45, 7) is 0.288. The van der Waals surface area contributed by atoms with Gasteiger partial charge in [-0.1, -0.05) is 0 Å². The molecule has 0 aromatic heterocycles. The Morgan fingerprint density at radius 2 is 2.06 bits per heavy atom. The van der Waals surface area contributed by atoms with E-state index in [1.165, 1.54) is 11.1 Å². The summed E-state index contributed by atoms with van der Waals surface area (Å²) in [5.74, 6) is 1.71. The Bertz CT molecular complexity index is 476. The van der Waals surface area contributed by atoms with E-state index in [0.717, 1.165) is 36.3 Å². The number of methoxy groups -OCH3 is 2. The largest absolute Gasteiger partial charge is 0.496 e. The SMILES string of the molecule is COc1cc(CN=C=O)c(OC)c2c1CCC2. The Balaban J connectivity index is 2.54. The number of rotatable bonds is 4. The molecule has 0 saturated carbocycles. The van der Waals surface area contributed by atoms with Gasteiger partial charge in [0.1, 0.15) is 11.5 Å². The highest BCUT2D eigenvalue weighted by molar-refractivity contribution is 5.56. The third kappa shape index (κ3) is 2.04. The second kappa shape index (κ2) is 5.02. The Morgan fingerprint density at radius 1 is 1.29 bits per heavy atom. The molecule has 1 aliphatic rings. The molecule has 0 radical (unpaired) electrons. The molecule has 0 amide bonds. The monoisotopic (exact) mass is 233 g/mol. The maximum Gasteiger partial charge on any atom is 0.235 e. The maximum atomic E-state index is 10.2. The molecule has 0 spiro atoms. The fraction of sp³-hybridized carbons (Fsp3) is 0.462. The molecule has 4 nitrogen and oxygen atoms in total. The second-order valence-corrected chi connectivity index (χ2v) is 3.99. The van der Waals surface area contributed by atoms with Crippen molar-refractivity contribution in [3.8, 4) is 11.5 Å². The molecular formula is C13H15NO3. The number of isocyanates is 1. The summed E-state index contributed by atoms with van der Waals surface area (Å²) in [7, 11) is 3.31. The summed E-state index contributed by atoms with van der Waals surface area (Å²) in [5.41, 5.74) is 3.31. The van der Waals surface area contributed by atoms with E-state index >= 15 is 0 Å². The van der Waals surface area contributed by atoms with E-state index in [1.54, 1.807) is 20.3 Å². The van der Waals surface area contributed by atoms with Crippen LogP contribution in [-0.4, -0.2) is 20.3 Å². The molecule has 0 unspecified atom stereocenters. The van der Waals surface area contributed by atoms with Crippen molar-refractivity contribution in [1.82, 2.24) is 0 Å². The number of benzene rings is 1. The smallest absolute Gasteiger partial charge is 0.235 e. The first kappa shape index (κ1) is 11.7. The van der Waals surface area contributed by atoms with Gasteiger partial charge in [0.2, 0.25) is 6.08 Å². The zero-order valence-electron chi connectivity index (χ0n) is 10.1. The van der Waals surface area contributed by atoms with Gasteiger partial charge in [-0.2, -0.15) is 0 Å². The molecule has 17 heavy (non-hydrogen) atoms. The van der Waals surface area contributed by atoms with Gasteiger partial charge in [-0.05, 0) is 25.3 Å². The number of hydrogen-bond donors (Lipinski definition) is 0. The third-order valence-corrected chi connectivity index (χ3v) is 3.12. The van der Waals surface area contributed by atoms with Crippen LogP contribution in [0.4, 0.5) is 0 Å². The molecule has 0 aliphatic heterocycles. The van der Waals surface area contributed by atoms with Crippen molar-refractivity contribution in [2.24, 2.45) is 4.99 Å². The average Bonchev–Trinajstić information content (AvgIpc) is 2.83. The lowest BCUT2D eigenvalue weighted by Crippen LogP contribution is -2.00. The first-order chi connectivity index (χ1) is 8.31. The minimum Gasteiger partial charge on any atom is -0.496 e. The van der Waals surface area contributed by atoms with Gasteiger partial charge in [0.05, 0.1) is 20.8 Å². The predicted molar refractivity (Wildman–Crippen MR) is 63.4 cm³/mol. The highest BCUT2D eigenvalue weighted by atomic mass is 16.5. The van der Waals surface area contributed by atoms with Gasteiger partial charge < -0.3 is 9.47 Å². The first-order valence-electron chi connectivity index (χ1n) is 5.61. The van der Waals surface area contributed by atoms with E-state index in [0.29, 0.717) is 0 Å². The van der Waals surface area contributed by atoms with E-state index in [2.05, 4.69) is 4.99 Å². The van der Waals surface area contributed by atoms with Crippen molar-refractivity contribution < 1.29 is 14.3 Å². The van der Waals surface area contributed by atoms with Gasteiger partial charge in [0, 0.05) is 16.7 Å². The van der Waals surface area contributed by atoms with Crippen LogP contribution in [0.3, 0.4) is 0 Å². The summed E-state index contributed by atoms with van der Waals surface area (Å²) >= 11 is 0. The fourth-order valence-electron chi connectivity index (χ4n) is 2.44. The molecular weight excluding hydrogens is 218 g/mol.